The highest BCUT2D eigenvalue weighted by atomic mass is 35.5. The second kappa shape index (κ2) is 8.39. The Morgan fingerprint density at radius 3 is 2.44 bits per heavy atom. The van der Waals surface area contributed by atoms with E-state index >= 15 is 0 Å². The smallest absolute Gasteiger partial charge is 0.243 e. The maximum atomic E-state index is 12.7. The Morgan fingerprint density at radius 1 is 1.15 bits per heavy atom. The molecule has 0 radical (unpaired) electrons. The van der Waals surface area contributed by atoms with Gasteiger partial charge in [-0.05, 0) is 49.2 Å². The molecular weight excluding hydrogens is 384 g/mol. The average Bonchev–Trinajstić information content (AvgIpc) is 2.69. The lowest BCUT2D eigenvalue weighted by Gasteiger charge is -2.26. The molecule has 27 heavy (non-hydrogen) atoms. The number of halogens is 1. The zero-order valence-electron chi connectivity index (χ0n) is 15.4. The molecule has 1 aliphatic heterocycles. The van der Waals surface area contributed by atoms with Crippen LogP contribution in [0.3, 0.4) is 0 Å². The van der Waals surface area contributed by atoms with Gasteiger partial charge in [0, 0.05) is 31.2 Å². The van der Waals surface area contributed by atoms with Crippen molar-refractivity contribution in [3.05, 3.63) is 58.6 Å². The largest absolute Gasteiger partial charge is 0.314 e. The standard InChI is InChI=1S/C19H23ClN4O2S/c1-14-3-6-17(13-19(14)20)23-22-15(2)16-4-7-18(8-5-16)27(25,26)24-11-9-21-10-12-24/h3-8,13,21,23H,9-12H2,1-2H3/b22-15-. The fourth-order valence-corrected chi connectivity index (χ4v) is 4.40. The summed E-state index contributed by atoms with van der Waals surface area (Å²) in [5, 5.41) is 8.19. The van der Waals surface area contributed by atoms with Crippen molar-refractivity contribution in [2.75, 3.05) is 31.6 Å². The Hall–Kier alpha value is -1.93. The normalized spacial score (nSPS) is 16.3. The molecule has 144 valence electrons. The molecule has 0 atom stereocenters. The summed E-state index contributed by atoms with van der Waals surface area (Å²) in [5.74, 6) is 0. The van der Waals surface area contributed by atoms with Crippen molar-refractivity contribution < 1.29 is 8.42 Å². The van der Waals surface area contributed by atoms with E-state index in [4.69, 9.17) is 11.6 Å². The molecule has 6 nitrogen and oxygen atoms in total. The van der Waals surface area contributed by atoms with Gasteiger partial charge in [0.25, 0.3) is 0 Å². The Balaban J connectivity index is 1.73. The lowest BCUT2D eigenvalue weighted by molar-refractivity contribution is 0.360. The molecule has 8 heteroatoms. The zero-order valence-corrected chi connectivity index (χ0v) is 16.9. The van der Waals surface area contributed by atoms with Crippen LogP contribution in [0.25, 0.3) is 0 Å². The highest BCUT2D eigenvalue weighted by Crippen LogP contribution is 2.20. The topological polar surface area (TPSA) is 73.8 Å². The summed E-state index contributed by atoms with van der Waals surface area (Å²) in [4.78, 5) is 0.305. The van der Waals surface area contributed by atoms with E-state index in [1.54, 1.807) is 24.3 Å². The summed E-state index contributed by atoms with van der Waals surface area (Å²) >= 11 is 6.12. The molecule has 3 rings (SSSR count). The predicted octanol–water partition coefficient (Wildman–Crippen LogP) is 3.08. The second-order valence-corrected chi connectivity index (χ2v) is 8.80. The molecule has 1 aliphatic rings. The lowest BCUT2D eigenvalue weighted by Crippen LogP contribution is -2.46. The lowest BCUT2D eigenvalue weighted by atomic mass is 10.1. The minimum absolute atomic E-state index is 0.305. The molecule has 0 bridgehead atoms. The van der Waals surface area contributed by atoms with Crippen molar-refractivity contribution in [3.8, 4) is 0 Å². The van der Waals surface area contributed by atoms with Crippen molar-refractivity contribution >= 4 is 33.0 Å². The number of hydrogen-bond acceptors (Lipinski definition) is 5. The third-order valence-electron chi connectivity index (χ3n) is 4.51. The van der Waals surface area contributed by atoms with E-state index < -0.39 is 10.0 Å². The maximum Gasteiger partial charge on any atom is 0.243 e. The van der Waals surface area contributed by atoms with Gasteiger partial charge in [0.05, 0.1) is 16.3 Å². The Labute approximate surface area is 165 Å². The van der Waals surface area contributed by atoms with Gasteiger partial charge in [0.1, 0.15) is 0 Å². The minimum Gasteiger partial charge on any atom is -0.314 e. The molecule has 2 aromatic carbocycles. The quantitative estimate of drug-likeness (QED) is 0.591. The van der Waals surface area contributed by atoms with Crippen molar-refractivity contribution in [3.63, 3.8) is 0 Å². The van der Waals surface area contributed by atoms with Gasteiger partial charge in [-0.1, -0.05) is 29.8 Å². The number of piperazine rings is 1. The number of rotatable bonds is 5. The van der Waals surface area contributed by atoms with Gasteiger partial charge in [0.15, 0.2) is 0 Å². The van der Waals surface area contributed by atoms with Crippen molar-refractivity contribution in [2.24, 2.45) is 5.10 Å². The van der Waals surface area contributed by atoms with E-state index in [1.165, 1.54) is 4.31 Å². The van der Waals surface area contributed by atoms with Crippen LogP contribution in [0.5, 0.6) is 0 Å². The predicted molar refractivity (Wildman–Crippen MR) is 110 cm³/mol. The Morgan fingerprint density at radius 2 is 1.81 bits per heavy atom. The SMILES string of the molecule is C/C(=N/Nc1ccc(C)c(Cl)c1)c1ccc(S(=O)(=O)N2CCNCC2)cc1. The number of nitrogens with zero attached hydrogens (tertiary/aromatic N) is 2. The first kappa shape index (κ1) is 19.8. The maximum absolute atomic E-state index is 12.7. The fourth-order valence-electron chi connectivity index (χ4n) is 2.78. The first-order valence-corrected chi connectivity index (χ1v) is 10.6. The molecule has 0 aromatic heterocycles. The molecule has 0 aliphatic carbocycles. The third kappa shape index (κ3) is 4.68. The second-order valence-electron chi connectivity index (χ2n) is 6.45. The summed E-state index contributed by atoms with van der Waals surface area (Å²) in [5.41, 5.74) is 6.37. The van der Waals surface area contributed by atoms with E-state index in [0.717, 1.165) is 22.5 Å². The van der Waals surface area contributed by atoms with Gasteiger partial charge in [-0.25, -0.2) is 8.42 Å². The van der Waals surface area contributed by atoms with Crippen LogP contribution in [0.4, 0.5) is 5.69 Å². The van der Waals surface area contributed by atoms with Gasteiger partial charge < -0.3 is 5.32 Å². The van der Waals surface area contributed by atoms with E-state index in [2.05, 4.69) is 15.8 Å². The number of hydrazone groups is 1. The molecular formula is C19H23ClN4O2S. The zero-order chi connectivity index (χ0) is 19.4. The van der Waals surface area contributed by atoms with Gasteiger partial charge >= 0.3 is 0 Å². The van der Waals surface area contributed by atoms with Crippen LogP contribution in [0.1, 0.15) is 18.1 Å². The molecule has 0 spiro atoms. The highest BCUT2D eigenvalue weighted by Gasteiger charge is 2.25. The van der Waals surface area contributed by atoms with Crippen LogP contribution in [0.15, 0.2) is 52.5 Å². The van der Waals surface area contributed by atoms with Crippen LogP contribution in [0.2, 0.25) is 5.02 Å². The first-order valence-electron chi connectivity index (χ1n) is 8.76. The monoisotopic (exact) mass is 406 g/mol. The highest BCUT2D eigenvalue weighted by molar-refractivity contribution is 7.89. The van der Waals surface area contributed by atoms with E-state index in [9.17, 15) is 8.42 Å². The Bertz CT molecular complexity index is 937. The molecule has 1 saturated heterocycles. The van der Waals surface area contributed by atoms with Crippen molar-refractivity contribution in [2.45, 2.75) is 18.7 Å². The van der Waals surface area contributed by atoms with E-state index in [1.807, 2.05) is 32.0 Å². The van der Waals surface area contributed by atoms with Crippen molar-refractivity contribution in [1.29, 1.82) is 0 Å². The molecule has 2 aromatic rings. The average molecular weight is 407 g/mol. The number of aryl methyl sites for hydroxylation is 1. The molecule has 1 heterocycles. The number of benzene rings is 2. The van der Waals surface area contributed by atoms with Crippen LogP contribution in [-0.4, -0.2) is 44.6 Å². The summed E-state index contributed by atoms with van der Waals surface area (Å²) < 4.78 is 26.9. The number of sulfonamides is 1. The van der Waals surface area contributed by atoms with Gasteiger partial charge in [-0.2, -0.15) is 9.41 Å². The number of nitrogens with one attached hydrogen (secondary N) is 2. The first-order chi connectivity index (χ1) is 12.9. The van der Waals surface area contributed by atoms with Crippen molar-refractivity contribution in [1.82, 2.24) is 9.62 Å². The number of hydrogen-bond donors (Lipinski definition) is 2. The van der Waals surface area contributed by atoms with Crippen LogP contribution < -0.4 is 10.7 Å². The van der Waals surface area contributed by atoms with Gasteiger partial charge in [-0.3, -0.25) is 5.43 Å². The molecule has 0 saturated carbocycles. The summed E-state index contributed by atoms with van der Waals surface area (Å²) in [6, 6.07) is 12.5. The molecule has 1 fully saturated rings. The summed E-state index contributed by atoms with van der Waals surface area (Å²) in [6.07, 6.45) is 0. The summed E-state index contributed by atoms with van der Waals surface area (Å²) in [7, 11) is -3.45. The molecule has 0 amide bonds. The van der Waals surface area contributed by atoms with Crippen LogP contribution in [0, 0.1) is 6.92 Å². The minimum atomic E-state index is -3.45. The van der Waals surface area contributed by atoms with Gasteiger partial charge in [-0.15, -0.1) is 0 Å². The third-order valence-corrected chi connectivity index (χ3v) is 6.83. The van der Waals surface area contributed by atoms with E-state index in [0.29, 0.717) is 36.1 Å². The molecule has 2 N–H and O–H groups in total. The Kier molecular flexibility index (Phi) is 6.16. The molecule has 0 unspecified atom stereocenters. The van der Waals surface area contributed by atoms with E-state index in [-0.39, 0.29) is 0 Å². The number of anilines is 1. The van der Waals surface area contributed by atoms with Gasteiger partial charge in [0.2, 0.25) is 10.0 Å². The fraction of sp³-hybridized carbons (Fsp3) is 0.316. The summed E-state index contributed by atoms with van der Waals surface area (Å²) in [6.45, 7) is 6.15. The van der Waals surface area contributed by atoms with Crippen LogP contribution >= 0.6 is 11.6 Å². The van der Waals surface area contributed by atoms with Crippen LogP contribution in [-0.2, 0) is 10.0 Å².